The fraction of sp³-hybridized carbons (Fsp3) is 0.400. The number of halogens is 1. The van der Waals surface area contributed by atoms with E-state index in [1.165, 1.54) is 13.2 Å². The molecule has 72 valence electrons. The van der Waals surface area contributed by atoms with Crippen molar-refractivity contribution in [3.05, 3.63) is 29.6 Å². The number of aliphatic hydroxyl groups is 1. The van der Waals surface area contributed by atoms with Crippen LogP contribution in [-0.4, -0.2) is 18.3 Å². The van der Waals surface area contributed by atoms with Gasteiger partial charge in [0.1, 0.15) is 0 Å². The molecule has 1 atom stereocenters. The van der Waals surface area contributed by atoms with Crippen molar-refractivity contribution in [1.29, 1.82) is 0 Å². The molecule has 1 rings (SSSR count). The molecule has 0 fully saturated rings. The van der Waals surface area contributed by atoms with Crippen molar-refractivity contribution < 1.29 is 14.2 Å². The Kier molecular flexibility index (Phi) is 3.25. The number of aliphatic hydroxyl groups excluding tert-OH is 1. The molecule has 0 heterocycles. The van der Waals surface area contributed by atoms with Gasteiger partial charge in [-0.2, -0.15) is 0 Å². The van der Waals surface area contributed by atoms with E-state index in [-0.39, 0.29) is 11.6 Å². The molecular formula is C10H13FO2. The minimum absolute atomic E-state index is 0.231. The lowest BCUT2D eigenvalue weighted by atomic mass is 10.1. The van der Waals surface area contributed by atoms with Crippen LogP contribution in [0.1, 0.15) is 12.5 Å². The maximum Gasteiger partial charge on any atom is 0.165 e. The highest BCUT2D eigenvalue weighted by atomic mass is 19.1. The van der Waals surface area contributed by atoms with E-state index in [0.717, 1.165) is 5.56 Å². The standard InChI is InChI=1S/C10H13FO2/c1-7(12)5-8-3-4-10(13-2)9(11)6-8/h3-4,6-7,12H,5H2,1-2H3/t7-/m1/s1. The highest BCUT2D eigenvalue weighted by molar-refractivity contribution is 5.29. The molecule has 0 aromatic heterocycles. The van der Waals surface area contributed by atoms with Crippen molar-refractivity contribution in [2.24, 2.45) is 0 Å². The maximum absolute atomic E-state index is 13.1. The predicted molar refractivity (Wildman–Crippen MR) is 48.3 cm³/mol. The van der Waals surface area contributed by atoms with Gasteiger partial charge in [-0.3, -0.25) is 0 Å². The van der Waals surface area contributed by atoms with Crippen molar-refractivity contribution in [2.75, 3.05) is 7.11 Å². The summed E-state index contributed by atoms with van der Waals surface area (Å²) in [5.74, 6) is -0.157. The summed E-state index contributed by atoms with van der Waals surface area (Å²) < 4.78 is 17.9. The van der Waals surface area contributed by atoms with Gasteiger partial charge in [0.2, 0.25) is 0 Å². The van der Waals surface area contributed by atoms with Gasteiger partial charge in [0.05, 0.1) is 13.2 Å². The third-order valence-electron chi connectivity index (χ3n) is 1.75. The molecule has 0 aliphatic heterocycles. The van der Waals surface area contributed by atoms with E-state index in [2.05, 4.69) is 0 Å². The lowest BCUT2D eigenvalue weighted by Crippen LogP contribution is -2.04. The Morgan fingerprint density at radius 2 is 2.23 bits per heavy atom. The molecule has 13 heavy (non-hydrogen) atoms. The lowest BCUT2D eigenvalue weighted by molar-refractivity contribution is 0.195. The van der Waals surface area contributed by atoms with E-state index in [1.807, 2.05) is 0 Å². The molecule has 0 radical (unpaired) electrons. The van der Waals surface area contributed by atoms with Gasteiger partial charge in [-0.15, -0.1) is 0 Å². The Morgan fingerprint density at radius 1 is 1.54 bits per heavy atom. The molecule has 0 saturated heterocycles. The van der Waals surface area contributed by atoms with Gasteiger partial charge < -0.3 is 9.84 Å². The molecule has 0 bridgehead atoms. The number of benzene rings is 1. The topological polar surface area (TPSA) is 29.5 Å². The normalized spacial score (nSPS) is 12.6. The van der Waals surface area contributed by atoms with Gasteiger partial charge in [-0.25, -0.2) is 4.39 Å². The van der Waals surface area contributed by atoms with Crippen LogP contribution in [-0.2, 0) is 6.42 Å². The molecule has 1 aromatic carbocycles. The van der Waals surface area contributed by atoms with Gasteiger partial charge in [0, 0.05) is 0 Å². The van der Waals surface area contributed by atoms with E-state index in [0.29, 0.717) is 6.42 Å². The van der Waals surface area contributed by atoms with Crippen LogP contribution in [0.2, 0.25) is 0 Å². The van der Waals surface area contributed by atoms with E-state index < -0.39 is 6.10 Å². The first kappa shape index (κ1) is 9.99. The second-order valence-corrected chi connectivity index (χ2v) is 3.02. The summed E-state index contributed by atoms with van der Waals surface area (Å²) in [4.78, 5) is 0. The summed E-state index contributed by atoms with van der Waals surface area (Å²) in [5, 5.41) is 9.07. The van der Waals surface area contributed by atoms with Gasteiger partial charge in [-0.05, 0) is 31.0 Å². The van der Waals surface area contributed by atoms with Crippen molar-refractivity contribution in [2.45, 2.75) is 19.4 Å². The van der Waals surface area contributed by atoms with E-state index in [1.54, 1.807) is 19.1 Å². The fourth-order valence-corrected chi connectivity index (χ4v) is 1.18. The molecule has 0 aliphatic carbocycles. The van der Waals surface area contributed by atoms with Crippen LogP contribution in [0.25, 0.3) is 0 Å². The zero-order valence-corrected chi connectivity index (χ0v) is 7.75. The summed E-state index contributed by atoms with van der Waals surface area (Å²) in [6, 6.07) is 4.69. The fourth-order valence-electron chi connectivity index (χ4n) is 1.18. The summed E-state index contributed by atoms with van der Waals surface area (Å²) in [6.07, 6.45) is 0.00812. The second-order valence-electron chi connectivity index (χ2n) is 3.02. The highest BCUT2D eigenvalue weighted by Crippen LogP contribution is 2.18. The molecule has 1 N–H and O–H groups in total. The second kappa shape index (κ2) is 4.23. The Morgan fingerprint density at radius 3 is 2.69 bits per heavy atom. The third-order valence-corrected chi connectivity index (χ3v) is 1.75. The molecule has 0 unspecified atom stereocenters. The smallest absolute Gasteiger partial charge is 0.165 e. The molecule has 3 heteroatoms. The van der Waals surface area contributed by atoms with Gasteiger partial charge >= 0.3 is 0 Å². The molecule has 1 aromatic rings. The monoisotopic (exact) mass is 184 g/mol. The van der Waals surface area contributed by atoms with E-state index in [4.69, 9.17) is 9.84 Å². The number of hydrogen-bond donors (Lipinski definition) is 1. The van der Waals surface area contributed by atoms with Crippen LogP contribution in [0.4, 0.5) is 4.39 Å². The number of methoxy groups -OCH3 is 1. The van der Waals surface area contributed by atoms with Gasteiger partial charge in [-0.1, -0.05) is 6.07 Å². The summed E-state index contributed by atoms with van der Waals surface area (Å²) >= 11 is 0. The zero-order valence-electron chi connectivity index (χ0n) is 7.75. The molecule has 2 nitrogen and oxygen atoms in total. The Labute approximate surface area is 77.0 Å². The number of hydrogen-bond acceptors (Lipinski definition) is 2. The minimum atomic E-state index is -0.451. The van der Waals surface area contributed by atoms with Crippen LogP contribution in [0, 0.1) is 5.82 Å². The molecule has 0 spiro atoms. The number of ether oxygens (including phenoxy) is 1. The summed E-state index contributed by atoms with van der Waals surface area (Å²) in [6.45, 7) is 1.67. The van der Waals surface area contributed by atoms with Crippen LogP contribution in [0.5, 0.6) is 5.75 Å². The first-order valence-corrected chi connectivity index (χ1v) is 4.14. The zero-order chi connectivity index (χ0) is 9.84. The Bertz CT molecular complexity index is 284. The SMILES string of the molecule is COc1ccc(C[C@@H](C)O)cc1F. The van der Waals surface area contributed by atoms with Gasteiger partial charge in [0.25, 0.3) is 0 Å². The number of rotatable bonds is 3. The van der Waals surface area contributed by atoms with E-state index >= 15 is 0 Å². The molecule has 0 amide bonds. The van der Waals surface area contributed by atoms with Crippen LogP contribution < -0.4 is 4.74 Å². The summed E-state index contributed by atoms with van der Waals surface area (Å²) in [5.41, 5.74) is 0.772. The van der Waals surface area contributed by atoms with Crippen molar-refractivity contribution in [3.8, 4) is 5.75 Å². The van der Waals surface area contributed by atoms with E-state index in [9.17, 15) is 4.39 Å². The summed E-state index contributed by atoms with van der Waals surface area (Å²) in [7, 11) is 1.42. The molecule has 0 aliphatic rings. The highest BCUT2D eigenvalue weighted by Gasteiger charge is 2.04. The quantitative estimate of drug-likeness (QED) is 0.775. The average Bonchev–Trinajstić information content (AvgIpc) is 2.03. The van der Waals surface area contributed by atoms with Crippen LogP contribution >= 0.6 is 0 Å². The average molecular weight is 184 g/mol. The van der Waals surface area contributed by atoms with Crippen LogP contribution in [0.15, 0.2) is 18.2 Å². The van der Waals surface area contributed by atoms with Crippen molar-refractivity contribution >= 4 is 0 Å². The van der Waals surface area contributed by atoms with Crippen molar-refractivity contribution in [3.63, 3.8) is 0 Å². The maximum atomic E-state index is 13.1. The first-order chi connectivity index (χ1) is 6.13. The first-order valence-electron chi connectivity index (χ1n) is 4.14. The lowest BCUT2D eigenvalue weighted by Gasteiger charge is -2.06. The largest absolute Gasteiger partial charge is 0.494 e. The molecule has 0 saturated carbocycles. The van der Waals surface area contributed by atoms with Crippen molar-refractivity contribution in [1.82, 2.24) is 0 Å². The van der Waals surface area contributed by atoms with Gasteiger partial charge in [0.15, 0.2) is 11.6 Å². The predicted octanol–water partition coefficient (Wildman–Crippen LogP) is 1.76. The Hall–Kier alpha value is -1.09. The Balaban J connectivity index is 2.83. The molecular weight excluding hydrogens is 171 g/mol. The minimum Gasteiger partial charge on any atom is -0.494 e. The third kappa shape index (κ3) is 2.70. The van der Waals surface area contributed by atoms with Crippen LogP contribution in [0.3, 0.4) is 0 Å².